The number of carbonyl (C=O) groups is 3. The lowest BCUT2D eigenvalue weighted by atomic mass is 10.1. The van der Waals surface area contributed by atoms with Gasteiger partial charge in [0.05, 0.1) is 16.8 Å². The van der Waals surface area contributed by atoms with Gasteiger partial charge in [0.1, 0.15) is 0 Å². The Labute approximate surface area is 168 Å². The average molecular weight is 394 g/mol. The summed E-state index contributed by atoms with van der Waals surface area (Å²) in [7, 11) is 0. The minimum absolute atomic E-state index is 0.0603. The van der Waals surface area contributed by atoms with E-state index in [0.717, 1.165) is 22.6 Å². The number of benzene rings is 2. The smallest absolute Gasteiger partial charge is 0.261 e. The minimum atomic E-state index is -0.312. The fraction of sp³-hybridized carbons (Fsp3) is 0.318. The number of anilines is 1. The van der Waals surface area contributed by atoms with Gasteiger partial charge in [-0.1, -0.05) is 30.7 Å². The van der Waals surface area contributed by atoms with E-state index in [1.54, 1.807) is 28.8 Å². The number of hydrogen-bond donors (Lipinski definition) is 0. The van der Waals surface area contributed by atoms with Crippen molar-refractivity contribution in [1.29, 1.82) is 0 Å². The lowest BCUT2D eigenvalue weighted by molar-refractivity contribution is -0.118. The minimum Gasteiger partial charge on any atom is -0.311 e. The summed E-state index contributed by atoms with van der Waals surface area (Å²) < 4.78 is 0. The molecule has 5 nitrogen and oxygen atoms in total. The molecule has 0 fully saturated rings. The predicted molar refractivity (Wildman–Crippen MR) is 110 cm³/mol. The van der Waals surface area contributed by atoms with E-state index in [0.29, 0.717) is 22.9 Å². The fourth-order valence-corrected chi connectivity index (χ4v) is 4.81. The van der Waals surface area contributed by atoms with Gasteiger partial charge in [0.2, 0.25) is 5.91 Å². The molecule has 144 valence electrons. The summed E-state index contributed by atoms with van der Waals surface area (Å²) in [4.78, 5) is 42.3. The highest BCUT2D eigenvalue weighted by atomic mass is 32.2. The maximum atomic E-state index is 13.0. The summed E-state index contributed by atoms with van der Waals surface area (Å²) in [6.07, 6.45) is 1.02. The number of imide groups is 1. The fourth-order valence-electron chi connectivity index (χ4n) is 3.70. The van der Waals surface area contributed by atoms with E-state index >= 15 is 0 Å². The highest BCUT2D eigenvalue weighted by Crippen LogP contribution is 2.37. The molecule has 28 heavy (non-hydrogen) atoms. The second kappa shape index (κ2) is 7.43. The molecule has 0 spiro atoms. The van der Waals surface area contributed by atoms with Crippen molar-refractivity contribution >= 4 is 35.2 Å². The Kier molecular flexibility index (Phi) is 4.98. The molecular weight excluding hydrogens is 372 g/mol. The number of amides is 3. The first-order valence-electron chi connectivity index (χ1n) is 9.48. The van der Waals surface area contributed by atoms with E-state index in [9.17, 15) is 14.4 Å². The molecule has 0 saturated heterocycles. The highest BCUT2D eigenvalue weighted by molar-refractivity contribution is 8.00. The summed E-state index contributed by atoms with van der Waals surface area (Å²) >= 11 is 1.78. The van der Waals surface area contributed by atoms with Crippen LogP contribution >= 0.6 is 11.8 Å². The van der Waals surface area contributed by atoms with E-state index in [4.69, 9.17) is 0 Å². The number of hydrogen-bond acceptors (Lipinski definition) is 4. The molecule has 4 rings (SSSR count). The van der Waals surface area contributed by atoms with E-state index in [1.807, 2.05) is 37.3 Å². The van der Waals surface area contributed by atoms with Crippen molar-refractivity contribution in [3.8, 4) is 0 Å². The second-order valence-corrected chi connectivity index (χ2v) is 8.77. The van der Waals surface area contributed by atoms with Gasteiger partial charge in [-0.25, -0.2) is 0 Å². The van der Waals surface area contributed by atoms with Crippen LogP contribution in [-0.2, 0) is 4.79 Å². The maximum absolute atomic E-state index is 13.0. The Morgan fingerprint density at radius 1 is 1.11 bits per heavy atom. The molecular formula is C22H22N2O3S. The Morgan fingerprint density at radius 3 is 2.68 bits per heavy atom. The van der Waals surface area contributed by atoms with Gasteiger partial charge < -0.3 is 4.90 Å². The van der Waals surface area contributed by atoms with Gasteiger partial charge in [0.15, 0.2) is 0 Å². The zero-order valence-electron chi connectivity index (χ0n) is 16.0. The molecule has 2 aliphatic rings. The standard InChI is InChI=1S/C22H22N2O3S/c1-14-7-8-16-17(13-14)22(27)24(21(16)26)12-10-20(25)23-11-9-15(2)28-19-6-4-3-5-18(19)23/h3-8,13,15H,9-12H2,1-2H3/t15-/m0/s1. The van der Waals surface area contributed by atoms with Crippen LogP contribution in [0.4, 0.5) is 5.69 Å². The van der Waals surface area contributed by atoms with Gasteiger partial charge >= 0.3 is 0 Å². The zero-order chi connectivity index (χ0) is 19.8. The van der Waals surface area contributed by atoms with Crippen LogP contribution < -0.4 is 4.90 Å². The molecule has 0 radical (unpaired) electrons. The zero-order valence-corrected chi connectivity index (χ0v) is 16.8. The van der Waals surface area contributed by atoms with Gasteiger partial charge in [-0.05, 0) is 37.6 Å². The van der Waals surface area contributed by atoms with Gasteiger partial charge in [-0.2, -0.15) is 0 Å². The normalized spacial score (nSPS) is 18.7. The van der Waals surface area contributed by atoms with Crippen molar-refractivity contribution in [2.45, 2.75) is 36.8 Å². The number of carbonyl (C=O) groups excluding carboxylic acids is 3. The number of nitrogens with zero attached hydrogens (tertiary/aromatic N) is 2. The lowest BCUT2D eigenvalue weighted by Gasteiger charge is -2.23. The van der Waals surface area contributed by atoms with Crippen LogP contribution in [0, 0.1) is 6.92 Å². The van der Waals surface area contributed by atoms with Crippen molar-refractivity contribution in [3.63, 3.8) is 0 Å². The molecule has 2 aromatic carbocycles. The quantitative estimate of drug-likeness (QED) is 0.741. The first-order chi connectivity index (χ1) is 13.5. The largest absolute Gasteiger partial charge is 0.311 e. The van der Waals surface area contributed by atoms with Gasteiger partial charge in [-0.15, -0.1) is 11.8 Å². The van der Waals surface area contributed by atoms with E-state index in [-0.39, 0.29) is 30.7 Å². The molecule has 0 unspecified atom stereocenters. The van der Waals surface area contributed by atoms with Crippen molar-refractivity contribution in [3.05, 3.63) is 59.2 Å². The molecule has 3 amide bonds. The molecule has 0 bridgehead atoms. The van der Waals surface area contributed by atoms with Gasteiger partial charge in [0, 0.05) is 29.7 Å². The van der Waals surface area contributed by atoms with Crippen molar-refractivity contribution in [2.24, 2.45) is 0 Å². The summed E-state index contributed by atoms with van der Waals surface area (Å²) in [5.41, 5.74) is 2.71. The van der Waals surface area contributed by atoms with Gasteiger partial charge in [0.25, 0.3) is 11.8 Å². The van der Waals surface area contributed by atoms with E-state index in [2.05, 4.69) is 6.92 Å². The van der Waals surface area contributed by atoms with E-state index in [1.165, 1.54) is 4.90 Å². The van der Waals surface area contributed by atoms with Crippen LogP contribution in [0.5, 0.6) is 0 Å². The van der Waals surface area contributed by atoms with Crippen LogP contribution in [0.2, 0.25) is 0 Å². The van der Waals surface area contributed by atoms with E-state index < -0.39 is 0 Å². The summed E-state index contributed by atoms with van der Waals surface area (Å²) in [5.74, 6) is -0.680. The maximum Gasteiger partial charge on any atom is 0.261 e. The number of thioether (sulfide) groups is 1. The third-order valence-electron chi connectivity index (χ3n) is 5.22. The molecule has 0 aliphatic carbocycles. The third-order valence-corrected chi connectivity index (χ3v) is 6.46. The third kappa shape index (κ3) is 3.33. The Balaban J connectivity index is 1.50. The monoisotopic (exact) mass is 394 g/mol. The number of aryl methyl sites for hydroxylation is 1. The molecule has 2 heterocycles. The predicted octanol–water partition coefficient (Wildman–Crippen LogP) is 3.90. The number of fused-ring (bicyclic) bond motifs is 2. The van der Waals surface area contributed by atoms with Crippen molar-refractivity contribution in [2.75, 3.05) is 18.0 Å². The van der Waals surface area contributed by atoms with Crippen LogP contribution in [0.1, 0.15) is 46.0 Å². The highest BCUT2D eigenvalue weighted by Gasteiger charge is 2.36. The SMILES string of the molecule is Cc1ccc2c(c1)C(=O)N(CCC(=O)N1CC[C@H](C)Sc3ccccc31)C2=O. The average Bonchev–Trinajstić information content (AvgIpc) is 2.81. The molecule has 0 saturated carbocycles. The Bertz CT molecular complexity index is 972. The molecule has 2 aliphatic heterocycles. The summed E-state index contributed by atoms with van der Waals surface area (Å²) in [6, 6.07) is 13.2. The molecule has 6 heteroatoms. The summed E-state index contributed by atoms with van der Waals surface area (Å²) in [5, 5.41) is 0.429. The summed E-state index contributed by atoms with van der Waals surface area (Å²) in [6.45, 7) is 4.80. The first kappa shape index (κ1) is 18.7. The lowest BCUT2D eigenvalue weighted by Crippen LogP contribution is -2.37. The van der Waals surface area contributed by atoms with Gasteiger partial charge in [-0.3, -0.25) is 19.3 Å². The van der Waals surface area contributed by atoms with Crippen LogP contribution in [0.15, 0.2) is 47.4 Å². The Morgan fingerprint density at radius 2 is 1.86 bits per heavy atom. The molecule has 0 N–H and O–H groups in total. The molecule has 1 atom stereocenters. The number of para-hydroxylation sites is 1. The Hall–Kier alpha value is -2.60. The van der Waals surface area contributed by atoms with Crippen LogP contribution in [0.25, 0.3) is 0 Å². The topological polar surface area (TPSA) is 57.7 Å². The van der Waals surface area contributed by atoms with Crippen molar-refractivity contribution < 1.29 is 14.4 Å². The second-order valence-electron chi connectivity index (χ2n) is 7.29. The van der Waals surface area contributed by atoms with Crippen molar-refractivity contribution in [1.82, 2.24) is 4.90 Å². The number of rotatable bonds is 3. The molecule has 0 aromatic heterocycles. The van der Waals surface area contributed by atoms with Crippen LogP contribution in [-0.4, -0.2) is 41.0 Å². The first-order valence-corrected chi connectivity index (χ1v) is 10.4. The molecule has 2 aromatic rings. The van der Waals surface area contributed by atoms with Crippen LogP contribution in [0.3, 0.4) is 0 Å².